The van der Waals surface area contributed by atoms with Gasteiger partial charge in [-0.1, -0.05) is 26.8 Å². The van der Waals surface area contributed by atoms with Gasteiger partial charge in [-0.3, -0.25) is 4.79 Å². The van der Waals surface area contributed by atoms with Crippen LogP contribution < -0.4 is 5.32 Å². The Kier molecular flexibility index (Phi) is 6.50. The standard InChI is InChI=1S/C23H31FN4O3/c1-14-8-9-15(16(24)12-14)20-25-18(17-13-27(5)10-7-11-28(17)20)21(29)26-19(22(30)31-6)23(2,3)4/h8-9,12,19H,7,10-11,13H2,1-6H3,(H,26,29)/t19-/m1/s1. The van der Waals surface area contributed by atoms with Crippen LogP contribution in [0.1, 0.15) is 48.9 Å². The predicted molar refractivity (Wildman–Crippen MR) is 116 cm³/mol. The van der Waals surface area contributed by atoms with Crippen LogP contribution in [-0.4, -0.2) is 53.1 Å². The van der Waals surface area contributed by atoms with Gasteiger partial charge in [0.25, 0.3) is 5.91 Å². The number of esters is 1. The molecule has 8 heteroatoms. The van der Waals surface area contributed by atoms with E-state index in [4.69, 9.17) is 4.74 Å². The minimum absolute atomic E-state index is 0.210. The molecule has 0 saturated heterocycles. The van der Waals surface area contributed by atoms with Crippen LogP contribution in [0.2, 0.25) is 0 Å². The smallest absolute Gasteiger partial charge is 0.328 e. The number of fused-ring (bicyclic) bond motifs is 1. The lowest BCUT2D eigenvalue weighted by Crippen LogP contribution is -2.50. The minimum Gasteiger partial charge on any atom is -0.467 e. The highest BCUT2D eigenvalue weighted by molar-refractivity contribution is 5.97. The first-order valence-electron chi connectivity index (χ1n) is 10.5. The molecule has 0 fully saturated rings. The molecule has 3 rings (SSSR count). The van der Waals surface area contributed by atoms with E-state index in [0.717, 1.165) is 18.5 Å². The van der Waals surface area contributed by atoms with Crippen molar-refractivity contribution in [2.24, 2.45) is 5.41 Å². The number of nitrogens with one attached hydrogen (secondary N) is 1. The average Bonchev–Trinajstić information content (AvgIpc) is 2.90. The summed E-state index contributed by atoms with van der Waals surface area (Å²) >= 11 is 0. The Bertz CT molecular complexity index is 993. The molecule has 0 spiro atoms. The zero-order valence-corrected chi connectivity index (χ0v) is 19.1. The van der Waals surface area contributed by atoms with Crippen molar-refractivity contribution < 1.29 is 18.7 Å². The summed E-state index contributed by atoms with van der Waals surface area (Å²) in [7, 11) is 3.27. The van der Waals surface area contributed by atoms with E-state index in [9.17, 15) is 14.0 Å². The monoisotopic (exact) mass is 430 g/mol. The molecule has 1 aromatic carbocycles. The van der Waals surface area contributed by atoms with Gasteiger partial charge in [0.2, 0.25) is 0 Å². The number of amides is 1. The number of rotatable bonds is 4. The first-order chi connectivity index (χ1) is 14.5. The molecule has 168 valence electrons. The van der Waals surface area contributed by atoms with E-state index in [2.05, 4.69) is 15.2 Å². The highest BCUT2D eigenvalue weighted by Gasteiger charge is 2.36. The molecule has 0 unspecified atom stereocenters. The minimum atomic E-state index is -0.842. The SMILES string of the molecule is COC(=O)[C@@H](NC(=O)c1nc(-c2ccc(C)cc2F)n2c1CN(C)CCC2)C(C)(C)C. The first kappa shape index (κ1) is 22.9. The number of imidazole rings is 1. The first-order valence-corrected chi connectivity index (χ1v) is 10.5. The van der Waals surface area contributed by atoms with Gasteiger partial charge in [0.1, 0.15) is 17.7 Å². The molecule has 0 aliphatic carbocycles. The van der Waals surface area contributed by atoms with Gasteiger partial charge in [0.15, 0.2) is 5.69 Å². The second-order valence-electron chi connectivity index (χ2n) is 9.25. The Morgan fingerprint density at radius 1 is 1.26 bits per heavy atom. The fraction of sp³-hybridized carbons (Fsp3) is 0.522. The van der Waals surface area contributed by atoms with Crippen molar-refractivity contribution in [1.29, 1.82) is 0 Å². The molecule has 1 N–H and O–H groups in total. The summed E-state index contributed by atoms with van der Waals surface area (Å²) in [6.07, 6.45) is 0.855. The number of aryl methyl sites for hydroxylation is 1. The van der Waals surface area contributed by atoms with Crippen LogP contribution in [-0.2, 0) is 22.6 Å². The van der Waals surface area contributed by atoms with E-state index in [-0.39, 0.29) is 11.5 Å². The molecule has 1 amide bonds. The van der Waals surface area contributed by atoms with Crippen molar-refractivity contribution in [3.63, 3.8) is 0 Å². The van der Waals surface area contributed by atoms with Gasteiger partial charge in [-0.2, -0.15) is 0 Å². The summed E-state index contributed by atoms with van der Waals surface area (Å²) < 4.78 is 21.6. The number of halogens is 1. The van der Waals surface area contributed by atoms with E-state index >= 15 is 0 Å². The van der Waals surface area contributed by atoms with Crippen molar-refractivity contribution in [3.8, 4) is 11.4 Å². The van der Waals surface area contributed by atoms with Gasteiger partial charge in [-0.25, -0.2) is 14.2 Å². The zero-order chi connectivity index (χ0) is 22.9. The summed E-state index contributed by atoms with van der Waals surface area (Å²) in [5, 5.41) is 2.80. The molecular weight excluding hydrogens is 399 g/mol. The molecule has 1 aliphatic rings. The van der Waals surface area contributed by atoms with Crippen LogP contribution in [0.4, 0.5) is 4.39 Å². The van der Waals surface area contributed by atoms with Gasteiger partial charge in [0, 0.05) is 13.1 Å². The maximum atomic E-state index is 14.8. The molecule has 1 atom stereocenters. The van der Waals surface area contributed by atoms with Crippen LogP contribution in [0.15, 0.2) is 18.2 Å². The van der Waals surface area contributed by atoms with E-state index in [0.29, 0.717) is 30.2 Å². The van der Waals surface area contributed by atoms with Crippen LogP contribution >= 0.6 is 0 Å². The number of aromatic nitrogens is 2. The Hall–Kier alpha value is -2.74. The van der Waals surface area contributed by atoms with Crippen molar-refractivity contribution in [1.82, 2.24) is 19.8 Å². The Balaban J connectivity index is 2.08. The number of methoxy groups -OCH3 is 1. The van der Waals surface area contributed by atoms with Gasteiger partial charge in [-0.15, -0.1) is 0 Å². The summed E-state index contributed by atoms with van der Waals surface area (Å²) in [6.45, 7) is 9.36. The Labute approximate surface area is 182 Å². The van der Waals surface area contributed by atoms with Crippen LogP contribution in [0.25, 0.3) is 11.4 Å². The van der Waals surface area contributed by atoms with Crippen molar-refractivity contribution in [2.75, 3.05) is 20.7 Å². The maximum Gasteiger partial charge on any atom is 0.328 e. The molecule has 2 aromatic rings. The molecule has 0 saturated carbocycles. The number of carbonyl (C=O) groups is 2. The van der Waals surface area contributed by atoms with Crippen molar-refractivity contribution in [2.45, 2.75) is 53.2 Å². The molecule has 0 radical (unpaired) electrons. The summed E-state index contributed by atoms with van der Waals surface area (Å²) in [4.78, 5) is 32.3. The number of hydrogen-bond acceptors (Lipinski definition) is 5. The summed E-state index contributed by atoms with van der Waals surface area (Å²) in [6, 6.07) is 4.15. The average molecular weight is 431 g/mol. The maximum absolute atomic E-state index is 14.8. The largest absolute Gasteiger partial charge is 0.467 e. The lowest BCUT2D eigenvalue weighted by atomic mass is 9.86. The third-order valence-electron chi connectivity index (χ3n) is 5.57. The second-order valence-corrected chi connectivity index (χ2v) is 9.25. The van der Waals surface area contributed by atoms with Gasteiger partial charge < -0.3 is 19.5 Å². The molecule has 31 heavy (non-hydrogen) atoms. The highest BCUT2D eigenvalue weighted by Crippen LogP contribution is 2.29. The van der Waals surface area contributed by atoms with Gasteiger partial charge in [0.05, 0.1) is 18.4 Å². The molecule has 2 heterocycles. The van der Waals surface area contributed by atoms with E-state index in [1.807, 2.05) is 45.4 Å². The van der Waals surface area contributed by atoms with Crippen LogP contribution in [0, 0.1) is 18.2 Å². The number of benzene rings is 1. The molecule has 0 bridgehead atoms. The predicted octanol–water partition coefficient (Wildman–Crippen LogP) is 3.15. The van der Waals surface area contributed by atoms with Crippen LogP contribution in [0.3, 0.4) is 0 Å². The third kappa shape index (κ3) is 4.79. The normalized spacial score (nSPS) is 15.7. The number of hydrogen-bond donors (Lipinski definition) is 1. The lowest BCUT2D eigenvalue weighted by Gasteiger charge is -2.28. The Morgan fingerprint density at radius 3 is 2.58 bits per heavy atom. The lowest BCUT2D eigenvalue weighted by molar-refractivity contribution is -0.145. The van der Waals surface area contributed by atoms with Gasteiger partial charge >= 0.3 is 5.97 Å². The van der Waals surface area contributed by atoms with E-state index in [1.165, 1.54) is 13.2 Å². The number of nitrogens with zero attached hydrogens (tertiary/aromatic N) is 3. The molecular formula is C23H31FN4O3. The molecule has 1 aliphatic heterocycles. The topological polar surface area (TPSA) is 76.5 Å². The summed E-state index contributed by atoms with van der Waals surface area (Å²) in [5.74, 6) is -0.936. The van der Waals surface area contributed by atoms with Crippen LogP contribution in [0.5, 0.6) is 0 Å². The van der Waals surface area contributed by atoms with Crippen molar-refractivity contribution >= 4 is 11.9 Å². The molecule has 1 aromatic heterocycles. The fourth-order valence-corrected chi connectivity index (χ4v) is 3.86. The van der Waals surface area contributed by atoms with E-state index < -0.39 is 23.3 Å². The fourth-order valence-electron chi connectivity index (χ4n) is 3.86. The number of ether oxygens (including phenoxy) is 1. The zero-order valence-electron chi connectivity index (χ0n) is 19.1. The third-order valence-corrected chi connectivity index (χ3v) is 5.57. The quantitative estimate of drug-likeness (QED) is 0.754. The van der Waals surface area contributed by atoms with E-state index in [1.54, 1.807) is 6.07 Å². The summed E-state index contributed by atoms with van der Waals surface area (Å²) in [5.41, 5.74) is 1.54. The van der Waals surface area contributed by atoms with Gasteiger partial charge in [-0.05, 0) is 50.0 Å². The molecule has 7 nitrogen and oxygen atoms in total. The highest BCUT2D eigenvalue weighted by atomic mass is 19.1. The Morgan fingerprint density at radius 2 is 1.97 bits per heavy atom. The number of carbonyl (C=O) groups excluding carboxylic acids is 2. The second kappa shape index (κ2) is 8.78. The van der Waals surface area contributed by atoms with Crippen molar-refractivity contribution in [3.05, 3.63) is 41.0 Å².